The fourth-order valence-electron chi connectivity index (χ4n) is 2.00. The molecule has 0 bridgehead atoms. The minimum Gasteiger partial charge on any atom is -0.493 e. The summed E-state index contributed by atoms with van der Waals surface area (Å²) in [7, 11) is 1.58. The highest BCUT2D eigenvalue weighted by molar-refractivity contribution is 6.66. The first-order valence-corrected chi connectivity index (χ1v) is 7.21. The van der Waals surface area contributed by atoms with Crippen molar-refractivity contribution in [1.82, 2.24) is 0 Å². The van der Waals surface area contributed by atoms with Crippen LogP contribution in [0.25, 0.3) is 6.08 Å². The quantitative estimate of drug-likeness (QED) is 0.586. The van der Waals surface area contributed by atoms with Gasteiger partial charge in [-0.1, -0.05) is 36.4 Å². The molecule has 2 aromatic rings. The summed E-state index contributed by atoms with van der Waals surface area (Å²) in [5.74, 6) is 1.26. The van der Waals surface area contributed by atoms with Gasteiger partial charge in [-0.25, -0.2) is 0 Å². The highest BCUT2D eigenvalue weighted by Crippen LogP contribution is 2.29. The average molecular weight is 317 g/mol. The van der Waals surface area contributed by atoms with Crippen LogP contribution in [0.5, 0.6) is 11.5 Å². The van der Waals surface area contributed by atoms with Crippen LogP contribution >= 0.6 is 11.6 Å². The number of halogens is 1. The van der Waals surface area contributed by atoms with E-state index in [1.54, 1.807) is 19.3 Å². The molecule has 114 valence electrons. The van der Waals surface area contributed by atoms with Gasteiger partial charge in [-0.3, -0.25) is 4.79 Å². The number of carbonyl (C=O) groups is 1. The molecule has 0 heterocycles. The molecule has 0 unspecified atom stereocenters. The maximum Gasteiger partial charge on any atom is 0.245 e. The first kappa shape index (κ1) is 16.1. The molecular weight excluding hydrogens is 300 g/mol. The van der Waals surface area contributed by atoms with Crippen LogP contribution in [0, 0.1) is 6.92 Å². The summed E-state index contributed by atoms with van der Waals surface area (Å²) in [5.41, 5.74) is 3.12. The third kappa shape index (κ3) is 4.37. The molecule has 0 aromatic heterocycles. The van der Waals surface area contributed by atoms with Crippen molar-refractivity contribution in [3.05, 3.63) is 65.2 Å². The summed E-state index contributed by atoms with van der Waals surface area (Å²) < 4.78 is 11.2. The lowest BCUT2D eigenvalue weighted by Crippen LogP contribution is -1.99. The molecule has 2 rings (SSSR count). The van der Waals surface area contributed by atoms with Crippen molar-refractivity contribution >= 4 is 22.9 Å². The number of aryl methyl sites for hydroxylation is 1. The van der Waals surface area contributed by atoms with E-state index in [4.69, 9.17) is 21.1 Å². The zero-order chi connectivity index (χ0) is 15.9. The molecule has 4 heteroatoms. The second-order valence-electron chi connectivity index (χ2n) is 4.76. The minimum atomic E-state index is -0.515. The van der Waals surface area contributed by atoms with Crippen molar-refractivity contribution in [2.24, 2.45) is 0 Å². The molecule has 0 saturated carbocycles. The Hall–Kier alpha value is -2.26. The third-order valence-corrected chi connectivity index (χ3v) is 3.36. The monoisotopic (exact) mass is 316 g/mol. The number of rotatable bonds is 6. The lowest BCUT2D eigenvalue weighted by Gasteiger charge is -2.12. The second-order valence-corrected chi connectivity index (χ2v) is 5.14. The van der Waals surface area contributed by atoms with Crippen LogP contribution < -0.4 is 9.47 Å². The molecule has 0 aliphatic carbocycles. The minimum absolute atomic E-state index is 0.471. The van der Waals surface area contributed by atoms with E-state index in [9.17, 15) is 4.79 Å². The number of benzene rings is 2. The van der Waals surface area contributed by atoms with E-state index in [0.29, 0.717) is 18.1 Å². The van der Waals surface area contributed by atoms with E-state index in [-0.39, 0.29) is 0 Å². The van der Waals surface area contributed by atoms with Gasteiger partial charge in [0, 0.05) is 0 Å². The largest absolute Gasteiger partial charge is 0.493 e. The summed E-state index contributed by atoms with van der Waals surface area (Å²) in [6.07, 6.45) is 2.92. The normalized spacial score (nSPS) is 10.7. The number of allylic oxidation sites excluding steroid dienone is 1. The van der Waals surface area contributed by atoms with Crippen molar-refractivity contribution in [2.45, 2.75) is 13.5 Å². The van der Waals surface area contributed by atoms with Gasteiger partial charge in [-0.15, -0.1) is 0 Å². The van der Waals surface area contributed by atoms with Crippen LogP contribution in [0.3, 0.4) is 0 Å². The number of hydrogen-bond donors (Lipinski definition) is 0. The Balaban J connectivity index is 2.14. The van der Waals surface area contributed by atoms with E-state index in [1.165, 1.54) is 11.6 Å². The smallest absolute Gasteiger partial charge is 0.245 e. The van der Waals surface area contributed by atoms with Gasteiger partial charge in [0.25, 0.3) is 0 Å². The number of carbonyl (C=O) groups excluding carboxylic acids is 1. The molecule has 0 saturated heterocycles. The summed E-state index contributed by atoms with van der Waals surface area (Å²) in [6, 6.07) is 13.5. The van der Waals surface area contributed by atoms with Crippen molar-refractivity contribution in [1.29, 1.82) is 0 Å². The van der Waals surface area contributed by atoms with Crippen LogP contribution in [0.1, 0.15) is 16.7 Å². The Morgan fingerprint density at radius 3 is 2.64 bits per heavy atom. The lowest BCUT2D eigenvalue weighted by atomic mass is 10.1. The molecule has 0 spiro atoms. The van der Waals surface area contributed by atoms with Crippen LogP contribution in [-0.4, -0.2) is 12.4 Å². The Kier molecular flexibility index (Phi) is 5.61. The molecule has 0 aliphatic rings. The Morgan fingerprint density at radius 2 is 1.95 bits per heavy atom. The fraction of sp³-hybridized carbons (Fsp3) is 0.167. The molecule has 2 aromatic carbocycles. The van der Waals surface area contributed by atoms with Gasteiger partial charge in [0.15, 0.2) is 11.5 Å². The predicted octanol–water partition coefficient (Wildman–Crippen LogP) is 4.36. The van der Waals surface area contributed by atoms with Gasteiger partial charge in [0.1, 0.15) is 6.61 Å². The van der Waals surface area contributed by atoms with Crippen LogP contribution in [0.2, 0.25) is 0 Å². The standard InChI is InChI=1S/C18H17ClO3/c1-13-5-3-4-6-15(13)12-22-16-9-7-14(8-10-18(19)20)11-17(16)21-2/h3-11H,12H2,1-2H3. The zero-order valence-electron chi connectivity index (χ0n) is 12.5. The van der Waals surface area contributed by atoms with Gasteiger partial charge in [0.05, 0.1) is 7.11 Å². The third-order valence-electron chi connectivity index (χ3n) is 3.24. The van der Waals surface area contributed by atoms with Crippen molar-refractivity contribution in [2.75, 3.05) is 7.11 Å². The van der Waals surface area contributed by atoms with E-state index < -0.39 is 5.24 Å². The van der Waals surface area contributed by atoms with Crippen LogP contribution in [0.15, 0.2) is 48.5 Å². The Bertz CT molecular complexity index is 692. The Morgan fingerprint density at radius 1 is 1.18 bits per heavy atom. The fourth-order valence-corrected chi connectivity index (χ4v) is 2.06. The molecule has 0 aliphatic heterocycles. The highest BCUT2D eigenvalue weighted by Gasteiger charge is 2.06. The lowest BCUT2D eigenvalue weighted by molar-refractivity contribution is -0.107. The molecule has 0 N–H and O–H groups in total. The van der Waals surface area contributed by atoms with Gasteiger partial charge >= 0.3 is 0 Å². The molecule has 0 radical (unpaired) electrons. The summed E-state index contributed by atoms with van der Waals surface area (Å²) in [5, 5.41) is -0.515. The predicted molar refractivity (Wildman–Crippen MR) is 88.4 cm³/mol. The van der Waals surface area contributed by atoms with Crippen LogP contribution in [-0.2, 0) is 11.4 Å². The van der Waals surface area contributed by atoms with E-state index >= 15 is 0 Å². The molecule has 3 nitrogen and oxygen atoms in total. The molecular formula is C18H17ClO3. The number of methoxy groups -OCH3 is 1. The second kappa shape index (κ2) is 7.66. The highest BCUT2D eigenvalue weighted by atomic mass is 35.5. The van der Waals surface area contributed by atoms with Crippen LogP contribution in [0.4, 0.5) is 0 Å². The topological polar surface area (TPSA) is 35.5 Å². The Labute approximate surface area is 135 Å². The maximum absolute atomic E-state index is 10.8. The SMILES string of the molecule is COc1cc(C=CC(=O)Cl)ccc1OCc1ccccc1C. The summed E-state index contributed by atoms with van der Waals surface area (Å²) in [4.78, 5) is 10.8. The van der Waals surface area contributed by atoms with Gasteiger partial charge in [0.2, 0.25) is 5.24 Å². The van der Waals surface area contributed by atoms with Crippen molar-refractivity contribution in [3.8, 4) is 11.5 Å². The molecule has 0 atom stereocenters. The van der Waals surface area contributed by atoms with Gasteiger partial charge in [-0.05, 0) is 53.4 Å². The maximum atomic E-state index is 10.8. The number of hydrogen-bond acceptors (Lipinski definition) is 3. The van der Waals surface area contributed by atoms with Crippen molar-refractivity contribution in [3.63, 3.8) is 0 Å². The summed E-state index contributed by atoms with van der Waals surface area (Å²) in [6.45, 7) is 2.52. The van der Waals surface area contributed by atoms with Gasteiger partial charge < -0.3 is 9.47 Å². The molecule has 22 heavy (non-hydrogen) atoms. The van der Waals surface area contributed by atoms with Gasteiger partial charge in [-0.2, -0.15) is 0 Å². The first-order valence-electron chi connectivity index (χ1n) is 6.83. The zero-order valence-corrected chi connectivity index (χ0v) is 13.3. The average Bonchev–Trinajstić information content (AvgIpc) is 2.52. The molecule has 0 amide bonds. The summed E-state index contributed by atoms with van der Waals surface area (Å²) >= 11 is 5.28. The van der Waals surface area contributed by atoms with E-state index in [0.717, 1.165) is 11.1 Å². The molecule has 0 fully saturated rings. The first-order chi connectivity index (χ1) is 10.6. The van der Waals surface area contributed by atoms with E-state index in [2.05, 4.69) is 0 Å². The van der Waals surface area contributed by atoms with Crippen molar-refractivity contribution < 1.29 is 14.3 Å². The number of ether oxygens (including phenoxy) is 2. The van der Waals surface area contributed by atoms with E-state index in [1.807, 2.05) is 43.3 Å².